The lowest BCUT2D eigenvalue weighted by Gasteiger charge is -2.59. The van der Waals surface area contributed by atoms with E-state index < -0.39 is 0 Å². The lowest BCUT2D eigenvalue weighted by Crippen LogP contribution is -2.59. The number of rotatable bonds is 8. The Balaban J connectivity index is 1.18. The van der Waals surface area contributed by atoms with Gasteiger partial charge >= 0.3 is 0 Å². The number of Topliss-reactive ketones (excluding diaryl/α,β-unsaturated/α-hetero) is 1. The number of carbonyl (C=O) groups excluding carboxylic acids is 1. The molecule has 0 aromatic heterocycles. The fourth-order valence-electron chi connectivity index (χ4n) is 8.47. The van der Waals surface area contributed by atoms with Gasteiger partial charge in [0.25, 0.3) is 0 Å². The molecule has 4 rings (SSSR count). The van der Waals surface area contributed by atoms with E-state index in [0.29, 0.717) is 0 Å². The summed E-state index contributed by atoms with van der Waals surface area (Å²) in [5.41, 5.74) is 0.289. The van der Waals surface area contributed by atoms with Gasteiger partial charge in [0.15, 0.2) is 0 Å². The van der Waals surface area contributed by atoms with Crippen LogP contribution in [-0.2, 0) is 4.79 Å². The molecule has 0 aliphatic heterocycles. The Morgan fingerprint density at radius 1 is 0.633 bits per heavy atom. The predicted octanol–water partition coefficient (Wildman–Crippen LogP) is 8.89. The number of unbranched alkanes of at least 4 members (excludes halogenated alkanes) is 3. The number of hydrogen-bond acceptors (Lipinski definition) is 1. The molecule has 0 radical (unpaired) electrons. The van der Waals surface area contributed by atoms with Crippen molar-refractivity contribution in [3.05, 3.63) is 0 Å². The Labute approximate surface area is 187 Å². The molecule has 0 bridgehead atoms. The minimum Gasteiger partial charge on any atom is -0.298 e. The summed E-state index contributed by atoms with van der Waals surface area (Å²) in [7, 11) is 0. The fourth-order valence-corrected chi connectivity index (χ4v) is 8.47. The van der Waals surface area contributed by atoms with Gasteiger partial charge in [-0.3, -0.25) is 4.79 Å². The summed E-state index contributed by atoms with van der Waals surface area (Å²) in [5.74, 6) is 4.62. The lowest BCUT2D eigenvalue weighted by molar-refractivity contribution is -0.169. The summed E-state index contributed by atoms with van der Waals surface area (Å²) in [5, 5.41) is 0. The first-order chi connectivity index (χ1) is 14.6. The van der Waals surface area contributed by atoms with Gasteiger partial charge in [0.05, 0.1) is 0 Å². The van der Waals surface area contributed by atoms with E-state index in [4.69, 9.17) is 0 Å². The van der Waals surface area contributed by atoms with Crippen LogP contribution in [-0.4, -0.2) is 5.78 Å². The highest BCUT2D eigenvalue weighted by atomic mass is 16.1. The molecule has 2 spiro atoms. The topological polar surface area (TPSA) is 17.1 Å². The summed E-state index contributed by atoms with van der Waals surface area (Å²) in [6, 6.07) is 0. The van der Waals surface area contributed by atoms with Gasteiger partial charge in [0.1, 0.15) is 5.78 Å². The number of carbonyl (C=O) groups is 1. The monoisotopic (exact) mass is 414 g/mol. The molecule has 4 aliphatic carbocycles. The summed E-state index contributed by atoms with van der Waals surface area (Å²) in [6.45, 7) is 4.63. The Morgan fingerprint density at radius 3 is 1.77 bits per heavy atom. The van der Waals surface area contributed by atoms with E-state index in [9.17, 15) is 4.79 Å². The Hall–Kier alpha value is -0.330. The summed E-state index contributed by atoms with van der Waals surface area (Å²) >= 11 is 0. The van der Waals surface area contributed by atoms with Gasteiger partial charge in [-0.05, 0) is 94.3 Å². The van der Waals surface area contributed by atoms with Crippen molar-refractivity contribution in [2.45, 2.75) is 142 Å². The second-order valence-electron chi connectivity index (χ2n) is 12.3. The molecular formula is C29H50O. The van der Waals surface area contributed by atoms with Crippen LogP contribution in [0.25, 0.3) is 0 Å². The Bertz CT molecular complexity index is 539. The van der Waals surface area contributed by atoms with Crippen LogP contribution in [0.3, 0.4) is 0 Å². The Morgan fingerprint density at radius 2 is 1.20 bits per heavy atom. The molecule has 30 heavy (non-hydrogen) atoms. The van der Waals surface area contributed by atoms with Crippen molar-refractivity contribution in [1.29, 1.82) is 0 Å². The maximum absolute atomic E-state index is 13.5. The summed E-state index contributed by atoms with van der Waals surface area (Å²) in [4.78, 5) is 13.5. The molecule has 0 aromatic carbocycles. The summed E-state index contributed by atoms with van der Waals surface area (Å²) in [6.07, 6.45) is 27.5. The van der Waals surface area contributed by atoms with E-state index in [1.54, 1.807) is 0 Å². The number of hydrogen-bond donors (Lipinski definition) is 0. The second kappa shape index (κ2) is 10.1. The molecule has 1 heteroatoms. The minimum absolute atomic E-state index is 0.143. The highest BCUT2D eigenvalue weighted by Crippen LogP contribution is 2.64. The molecule has 172 valence electrons. The van der Waals surface area contributed by atoms with Crippen molar-refractivity contribution in [1.82, 2.24) is 0 Å². The van der Waals surface area contributed by atoms with Crippen LogP contribution >= 0.6 is 0 Å². The van der Waals surface area contributed by atoms with Crippen molar-refractivity contribution in [2.75, 3.05) is 0 Å². The van der Waals surface area contributed by atoms with Gasteiger partial charge < -0.3 is 0 Å². The van der Waals surface area contributed by atoms with Crippen LogP contribution < -0.4 is 0 Å². The van der Waals surface area contributed by atoms with Gasteiger partial charge in [0.2, 0.25) is 0 Å². The molecule has 1 nitrogen and oxygen atoms in total. The minimum atomic E-state index is 0.143. The van der Waals surface area contributed by atoms with E-state index in [-0.39, 0.29) is 10.8 Å². The van der Waals surface area contributed by atoms with Crippen molar-refractivity contribution >= 4 is 5.78 Å². The van der Waals surface area contributed by atoms with Gasteiger partial charge in [-0.25, -0.2) is 0 Å². The van der Waals surface area contributed by atoms with E-state index in [1.807, 2.05) is 0 Å². The first-order valence-electron chi connectivity index (χ1n) is 14.2. The molecule has 0 atom stereocenters. The largest absolute Gasteiger partial charge is 0.298 e. The average Bonchev–Trinajstić information content (AvgIpc) is 2.79. The standard InChI is InChI=1S/C29H50O/c1-3-5-6-7-9-24-10-12-25(13-11-24)26-16-20-29(21-17-26)22-28(27(29)30)18-14-23(8-4-2)15-19-28/h23-26H,3-22H2,1-2H3. The van der Waals surface area contributed by atoms with E-state index in [1.165, 1.54) is 128 Å². The van der Waals surface area contributed by atoms with Crippen molar-refractivity contribution in [3.63, 3.8) is 0 Å². The maximum atomic E-state index is 13.5. The maximum Gasteiger partial charge on any atom is 0.145 e. The molecule has 0 saturated heterocycles. The summed E-state index contributed by atoms with van der Waals surface area (Å²) < 4.78 is 0. The van der Waals surface area contributed by atoms with Gasteiger partial charge in [0, 0.05) is 10.8 Å². The SMILES string of the molecule is CCCCCCC1CCC(C2CCC3(CC2)CC2(CCC(CCC)CC2)C3=O)CC1. The molecule has 4 fully saturated rings. The third kappa shape index (κ3) is 4.71. The van der Waals surface area contributed by atoms with Crippen LogP contribution in [0.1, 0.15) is 142 Å². The van der Waals surface area contributed by atoms with Crippen molar-refractivity contribution < 1.29 is 4.79 Å². The first kappa shape index (κ1) is 22.8. The molecule has 4 saturated carbocycles. The Kier molecular flexibility index (Phi) is 7.68. The van der Waals surface area contributed by atoms with Crippen LogP contribution in [0, 0.1) is 34.5 Å². The highest BCUT2D eigenvalue weighted by Gasteiger charge is 2.63. The molecule has 0 amide bonds. The molecular weight excluding hydrogens is 364 g/mol. The molecule has 0 aromatic rings. The molecule has 0 N–H and O–H groups in total. The van der Waals surface area contributed by atoms with Crippen molar-refractivity contribution in [3.8, 4) is 0 Å². The zero-order valence-corrected chi connectivity index (χ0v) is 20.4. The first-order valence-corrected chi connectivity index (χ1v) is 14.2. The molecule has 4 aliphatic rings. The van der Waals surface area contributed by atoms with Crippen LogP contribution in [0.15, 0.2) is 0 Å². The smallest absolute Gasteiger partial charge is 0.145 e. The third-order valence-corrected chi connectivity index (χ3v) is 10.4. The lowest BCUT2D eigenvalue weighted by atomic mass is 9.42. The quantitative estimate of drug-likeness (QED) is 0.362. The average molecular weight is 415 g/mol. The van der Waals surface area contributed by atoms with Crippen LogP contribution in [0.4, 0.5) is 0 Å². The molecule has 0 heterocycles. The molecule has 0 unspecified atom stereocenters. The van der Waals surface area contributed by atoms with Crippen LogP contribution in [0.2, 0.25) is 0 Å². The third-order valence-electron chi connectivity index (χ3n) is 10.4. The van der Waals surface area contributed by atoms with Gasteiger partial charge in [-0.1, -0.05) is 71.6 Å². The zero-order valence-electron chi connectivity index (χ0n) is 20.4. The van der Waals surface area contributed by atoms with E-state index >= 15 is 0 Å². The zero-order chi connectivity index (χ0) is 21.0. The van der Waals surface area contributed by atoms with E-state index in [2.05, 4.69) is 13.8 Å². The number of ketones is 1. The highest BCUT2D eigenvalue weighted by molar-refractivity contribution is 5.96. The van der Waals surface area contributed by atoms with Gasteiger partial charge in [-0.15, -0.1) is 0 Å². The van der Waals surface area contributed by atoms with Crippen molar-refractivity contribution in [2.24, 2.45) is 34.5 Å². The second-order valence-corrected chi connectivity index (χ2v) is 12.3. The van der Waals surface area contributed by atoms with Gasteiger partial charge in [-0.2, -0.15) is 0 Å². The fraction of sp³-hybridized carbons (Fsp3) is 0.966. The van der Waals surface area contributed by atoms with Crippen LogP contribution in [0.5, 0.6) is 0 Å². The van der Waals surface area contributed by atoms with E-state index in [0.717, 1.165) is 29.5 Å². The normalized spacial score (nSPS) is 41.9. The predicted molar refractivity (Wildman–Crippen MR) is 128 cm³/mol.